The van der Waals surface area contributed by atoms with E-state index in [0.717, 1.165) is 77.7 Å². The summed E-state index contributed by atoms with van der Waals surface area (Å²) >= 11 is 0. The molecule has 2 amide bonds. The van der Waals surface area contributed by atoms with Crippen LogP contribution in [0.2, 0.25) is 0 Å². The lowest BCUT2D eigenvalue weighted by Gasteiger charge is -2.37. The number of anilines is 2. The number of unbranched alkanes of at least 4 members (excludes halogenated alkanes) is 3. The number of piperazine rings is 1. The van der Waals surface area contributed by atoms with E-state index in [0.29, 0.717) is 23.4 Å². The van der Waals surface area contributed by atoms with E-state index < -0.39 is 0 Å². The number of hydrogen-bond donors (Lipinski definition) is 2. The Morgan fingerprint density at radius 2 is 1.51 bits per heavy atom. The largest absolute Gasteiger partial charge is 0.379 e. The average Bonchev–Trinajstić information content (AvgIpc) is 3.08. The number of aryl methyl sites for hydroxylation is 1. The number of nitrogens with one attached hydrogen (secondary N) is 2. The summed E-state index contributed by atoms with van der Waals surface area (Å²) in [7, 11) is 0. The molecular weight excluding hydrogens is 562 g/mol. The van der Waals surface area contributed by atoms with Crippen molar-refractivity contribution in [3.8, 4) is 0 Å². The smallest absolute Gasteiger partial charge is 0.255 e. The summed E-state index contributed by atoms with van der Waals surface area (Å²) in [5.41, 5.74) is 5.30. The highest BCUT2D eigenvalue weighted by Crippen LogP contribution is 2.27. The van der Waals surface area contributed by atoms with Crippen LogP contribution in [0.4, 0.5) is 11.4 Å². The Labute approximate surface area is 268 Å². The maximum absolute atomic E-state index is 13.6. The van der Waals surface area contributed by atoms with Gasteiger partial charge in [-0.2, -0.15) is 0 Å². The molecule has 8 heteroatoms. The number of carbonyl (C=O) groups excluding carboxylic acids is 2. The minimum atomic E-state index is -0.173. The topological polar surface area (TPSA) is 77.2 Å². The Kier molecular flexibility index (Phi) is 12.4. The van der Waals surface area contributed by atoms with Gasteiger partial charge in [0.15, 0.2) is 0 Å². The van der Waals surface area contributed by atoms with E-state index in [1.807, 2.05) is 36.4 Å². The molecule has 0 spiro atoms. The molecule has 240 valence electrons. The number of amides is 2. The van der Waals surface area contributed by atoms with Crippen LogP contribution in [0.25, 0.3) is 0 Å². The minimum Gasteiger partial charge on any atom is -0.379 e. The second-order valence-electron chi connectivity index (χ2n) is 12.2. The monoisotopic (exact) mass is 611 g/mol. The van der Waals surface area contributed by atoms with Crippen molar-refractivity contribution in [1.29, 1.82) is 0 Å². The van der Waals surface area contributed by atoms with Crippen LogP contribution < -0.4 is 15.5 Å². The molecule has 45 heavy (non-hydrogen) atoms. The van der Waals surface area contributed by atoms with Gasteiger partial charge in [0.2, 0.25) is 0 Å². The van der Waals surface area contributed by atoms with E-state index in [4.69, 9.17) is 4.74 Å². The molecule has 2 aliphatic heterocycles. The number of benzene rings is 3. The zero-order chi connectivity index (χ0) is 31.3. The van der Waals surface area contributed by atoms with E-state index in [1.165, 1.54) is 36.8 Å². The van der Waals surface area contributed by atoms with Crippen molar-refractivity contribution in [2.75, 3.05) is 75.8 Å². The van der Waals surface area contributed by atoms with Gasteiger partial charge >= 0.3 is 0 Å². The van der Waals surface area contributed by atoms with Crippen LogP contribution in [0, 0.1) is 0 Å². The van der Waals surface area contributed by atoms with E-state index in [9.17, 15) is 9.59 Å². The SMILES string of the molecule is CCCCCCc1ccc(C(=O)Nc2ccc(N3CCN(Cc4ccccc4)CC3)c(C(=O)NCCN3CCOCC3)c2)cc1. The van der Waals surface area contributed by atoms with Crippen molar-refractivity contribution in [3.63, 3.8) is 0 Å². The molecule has 2 N–H and O–H groups in total. The Balaban J connectivity index is 1.24. The molecule has 2 fully saturated rings. The van der Waals surface area contributed by atoms with Crippen molar-refractivity contribution in [3.05, 3.63) is 95.1 Å². The van der Waals surface area contributed by atoms with Gasteiger partial charge in [-0.25, -0.2) is 0 Å². The molecule has 0 unspecified atom stereocenters. The fourth-order valence-electron chi connectivity index (χ4n) is 6.09. The summed E-state index contributed by atoms with van der Waals surface area (Å²) in [5, 5.41) is 6.18. The number of rotatable bonds is 14. The first kappa shape index (κ1) is 32.7. The zero-order valence-corrected chi connectivity index (χ0v) is 26.8. The van der Waals surface area contributed by atoms with Gasteiger partial charge < -0.3 is 20.3 Å². The van der Waals surface area contributed by atoms with Gasteiger partial charge in [0.05, 0.1) is 18.8 Å². The maximum Gasteiger partial charge on any atom is 0.255 e. The molecule has 2 saturated heterocycles. The van der Waals surface area contributed by atoms with Gasteiger partial charge in [0.1, 0.15) is 0 Å². The van der Waals surface area contributed by atoms with Crippen molar-refractivity contribution in [1.82, 2.24) is 15.1 Å². The van der Waals surface area contributed by atoms with Gasteiger partial charge in [-0.1, -0.05) is 68.7 Å². The van der Waals surface area contributed by atoms with E-state index in [1.54, 1.807) is 0 Å². The molecule has 0 aromatic heterocycles. The lowest BCUT2D eigenvalue weighted by molar-refractivity contribution is 0.0383. The second-order valence-corrected chi connectivity index (χ2v) is 12.2. The van der Waals surface area contributed by atoms with Crippen molar-refractivity contribution in [2.24, 2.45) is 0 Å². The number of nitrogens with zero attached hydrogens (tertiary/aromatic N) is 3. The highest BCUT2D eigenvalue weighted by atomic mass is 16.5. The Morgan fingerprint density at radius 1 is 0.756 bits per heavy atom. The Bertz CT molecular complexity index is 1350. The molecule has 2 aliphatic rings. The van der Waals surface area contributed by atoms with Crippen LogP contribution in [0.1, 0.15) is 64.4 Å². The van der Waals surface area contributed by atoms with E-state index >= 15 is 0 Å². The van der Waals surface area contributed by atoms with Crippen molar-refractivity contribution in [2.45, 2.75) is 45.6 Å². The van der Waals surface area contributed by atoms with Crippen LogP contribution in [-0.4, -0.2) is 87.2 Å². The molecule has 8 nitrogen and oxygen atoms in total. The molecule has 5 rings (SSSR count). The first-order valence-electron chi connectivity index (χ1n) is 16.7. The number of carbonyl (C=O) groups is 2. The predicted molar refractivity (Wildman–Crippen MR) is 182 cm³/mol. The van der Waals surface area contributed by atoms with Crippen LogP contribution in [-0.2, 0) is 17.7 Å². The molecule has 3 aromatic rings. The minimum absolute atomic E-state index is 0.117. The third-order valence-corrected chi connectivity index (χ3v) is 8.81. The highest BCUT2D eigenvalue weighted by Gasteiger charge is 2.23. The molecular formula is C37H49N5O3. The zero-order valence-electron chi connectivity index (χ0n) is 26.8. The van der Waals surface area contributed by atoms with Crippen LogP contribution >= 0.6 is 0 Å². The Hall–Kier alpha value is -3.72. The lowest BCUT2D eigenvalue weighted by atomic mass is 10.0. The van der Waals surface area contributed by atoms with E-state index in [2.05, 4.69) is 68.7 Å². The van der Waals surface area contributed by atoms with Crippen molar-refractivity contribution < 1.29 is 14.3 Å². The van der Waals surface area contributed by atoms with Gasteiger partial charge in [-0.3, -0.25) is 19.4 Å². The third kappa shape index (κ3) is 9.88. The summed E-state index contributed by atoms with van der Waals surface area (Å²) < 4.78 is 5.45. The summed E-state index contributed by atoms with van der Waals surface area (Å²) in [6, 6.07) is 24.2. The fourth-order valence-corrected chi connectivity index (χ4v) is 6.09. The molecule has 0 aliphatic carbocycles. The van der Waals surface area contributed by atoms with Crippen LogP contribution in [0.3, 0.4) is 0 Å². The predicted octanol–water partition coefficient (Wildman–Crippen LogP) is 5.45. The lowest BCUT2D eigenvalue weighted by Crippen LogP contribution is -2.46. The summed E-state index contributed by atoms with van der Waals surface area (Å²) in [6.07, 6.45) is 5.93. The Morgan fingerprint density at radius 3 is 2.24 bits per heavy atom. The van der Waals surface area contributed by atoms with Crippen molar-refractivity contribution >= 4 is 23.2 Å². The summed E-state index contributed by atoms with van der Waals surface area (Å²) in [6.45, 7) is 11.2. The molecule has 0 saturated carbocycles. The van der Waals surface area contributed by atoms with Gasteiger partial charge in [0.25, 0.3) is 11.8 Å². The fraction of sp³-hybridized carbons (Fsp3) is 0.459. The van der Waals surface area contributed by atoms with Gasteiger partial charge in [-0.15, -0.1) is 0 Å². The molecule has 0 radical (unpaired) electrons. The number of morpholine rings is 1. The normalized spacial score (nSPS) is 16.0. The standard InChI is InChI=1S/C37H49N5O3/c1-2-3-4-6-9-30-12-14-32(15-13-30)36(43)39-33-16-17-35(34(28-33)37(44)38-18-19-40-24-26-45-27-25-40)42-22-20-41(21-23-42)29-31-10-7-5-8-11-31/h5,7-8,10-17,28H,2-4,6,9,18-27,29H2,1H3,(H,38,44)(H,39,43). The van der Waals surface area contributed by atoms with Gasteiger partial charge in [0, 0.05) is 75.8 Å². The molecule has 3 aromatic carbocycles. The molecule has 0 atom stereocenters. The highest BCUT2D eigenvalue weighted by molar-refractivity contribution is 6.06. The number of ether oxygens (including phenoxy) is 1. The summed E-state index contributed by atoms with van der Waals surface area (Å²) in [4.78, 5) is 33.9. The molecule has 0 bridgehead atoms. The average molecular weight is 612 g/mol. The van der Waals surface area contributed by atoms with Gasteiger partial charge in [-0.05, 0) is 54.3 Å². The first-order chi connectivity index (χ1) is 22.1. The maximum atomic E-state index is 13.6. The number of hydrogen-bond acceptors (Lipinski definition) is 6. The van der Waals surface area contributed by atoms with Crippen LogP contribution in [0.15, 0.2) is 72.8 Å². The quantitative estimate of drug-likeness (QED) is 0.236. The van der Waals surface area contributed by atoms with E-state index in [-0.39, 0.29) is 11.8 Å². The summed E-state index contributed by atoms with van der Waals surface area (Å²) in [5.74, 6) is -0.290. The third-order valence-electron chi connectivity index (χ3n) is 8.81. The first-order valence-corrected chi connectivity index (χ1v) is 16.7. The van der Waals surface area contributed by atoms with Crippen LogP contribution in [0.5, 0.6) is 0 Å². The second kappa shape index (κ2) is 17.1. The molecule has 2 heterocycles.